The summed E-state index contributed by atoms with van der Waals surface area (Å²) in [4.78, 5) is -0.0114. The second kappa shape index (κ2) is 6.54. The van der Waals surface area contributed by atoms with Crippen LogP contribution < -0.4 is 10.5 Å². The summed E-state index contributed by atoms with van der Waals surface area (Å²) >= 11 is 0. The molecule has 0 spiro atoms. The first kappa shape index (κ1) is 16.9. The Kier molecular flexibility index (Phi) is 5.53. The van der Waals surface area contributed by atoms with E-state index in [4.69, 9.17) is 5.73 Å². The van der Waals surface area contributed by atoms with E-state index in [2.05, 4.69) is 32.4 Å². The molecule has 1 aromatic carbocycles. The third-order valence-electron chi connectivity index (χ3n) is 3.50. The van der Waals surface area contributed by atoms with Gasteiger partial charge in [-0.25, -0.2) is 17.5 Å². The van der Waals surface area contributed by atoms with Crippen molar-refractivity contribution in [2.75, 3.05) is 12.3 Å². The normalized spacial score (nSPS) is 12.6. The molecule has 0 bridgehead atoms. The number of rotatable bonds is 6. The van der Waals surface area contributed by atoms with Crippen LogP contribution >= 0.6 is 0 Å². The van der Waals surface area contributed by atoms with E-state index in [0.717, 1.165) is 12.1 Å². The lowest BCUT2D eigenvalue weighted by molar-refractivity contribution is 0.289. The number of nitrogen functional groups attached to an aromatic ring is 1. The molecule has 0 aliphatic heterocycles. The maximum atomic E-state index is 13.1. The van der Waals surface area contributed by atoms with Crippen molar-refractivity contribution in [3.8, 4) is 0 Å². The number of anilines is 1. The van der Waals surface area contributed by atoms with Crippen LogP contribution in [0.5, 0.6) is 0 Å². The first-order valence-corrected chi connectivity index (χ1v) is 8.18. The molecule has 0 amide bonds. The molecule has 0 heterocycles. The maximum absolute atomic E-state index is 13.1. The zero-order valence-electron chi connectivity index (χ0n) is 12.4. The van der Waals surface area contributed by atoms with Crippen molar-refractivity contribution in [3.63, 3.8) is 0 Å². The number of nitrogens with one attached hydrogen (secondary N) is 1. The quantitative estimate of drug-likeness (QED) is 0.793. The van der Waals surface area contributed by atoms with Gasteiger partial charge in [-0.1, -0.05) is 27.7 Å². The molecule has 0 aliphatic carbocycles. The number of sulfonamides is 1. The standard InChI is InChI=1S/C14H23FN2O2S/c1-9(2)12(10(3)4)8-17-20(18,19)11-5-6-13(15)14(16)7-11/h5-7,9-10,12,17H,8,16H2,1-4H3. The first-order valence-electron chi connectivity index (χ1n) is 6.70. The first-order chi connectivity index (χ1) is 9.15. The van der Waals surface area contributed by atoms with E-state index in [-0.39, 0.29) is 16.5 Å². The van der Waals surface area contributed by atoms with Crippen LogP contribution in [0.1, 0.15) is 27.7 Å². The summed E-state index contributed by atoms with van der Waals surface area (Å²) in [7, 11) is -3.66. The van der Waals surface area contributed by atoms with Gasteiger partial charge in [0.05, 0.1) is 10.6 Å². The van der Waals surface area contributed by atoms with Gasteiger partial charge in [0.1, 0.15) is 5.82 Å². The number of benzene rings is 1. The molecular weight excluding hydrogens is 279 g/mol. The fourth-order valence-electron chi connectivity index (χ4n) is 2.22. The molecule has 0 radical (unpaired) electrons. The van der Waals surface area contributed by atoms with Gasteiger partial charge in [0.15, 0.2) is 0 Å². The molecule has 0 unspecified atom stereocenters. The van der Waals surface area contributed by atoms with Gasteiger partial charge in [0, 0.05) is 6.54 Å². The lowest BCUT2D eigenvalue weighted by Crippen LogP contribution is -2.34. The highest BCUT2D eigenvalue weighted by Crippen LogP contribution is 2.21. The number of nitrogens with two attached hydrogens (primary N) is 1. The Balaban J connectivity index is 2.87. The van der Waals surface area contributed by atoms with Gasteiger partial charge in [-0.05, 0) is 36.0 Å². The van der Waals surface area contributed by atoms with Gasteiger partial charge in [-0.2, -0.15) is 0 Å². The Labute approximate surface area is 120 Å². The van der Waals surface area contributed by atoms with Crippen LogP contribution in [0.15, 0.2) is 23.1 Å². The van der Waals surface area contributed by atoms with Crippen molar-refractivity contribution in [2.24, 2.45) is 17.8 Å². The minimum absolute atomic E-state index is 0.0114. The molecule has 0 saturated heterocycles. The summed E-state index contributed by atoms with van der Waals surface area (Å²) in [6.45, 7) is 8.61. The number of halogens is 1. The molecule has 20 heavy (non-hydrogen) atoms. The maximum Gasteiger partial charge on any atom is 0.240 e. The average molecular weight is 302 g/mol. The molecule has 0 saturated carbocycles. The van der Waals surface area contributed by atoms with Crippen LogP contribution in [0.4, 0.5) is 10.1 Å². The zero-order chi connectivity index (χ0) is 15.5. The topological polar surface area (TPSA) is 72.2 Å². The molecule has 0 aromatic heterocycles. The van der Waals surface area contributed by atoms with E-state index in [1.54, 1.807) is 0 Å². The third kappa shape index (κ3) is 4.18. The van der Waals surface area contributed by atoms with Crippen LogP contribution in [0, 0.1) is 23.6 Å². The van der Waals surface area contributed by atoms with Gasteiger partial charge >= 0.3 is 0 Å². The van der Waals surface area contributed by atoms with Crippen molar-refractivity contribution in [2.45, 2.75) is 32.6 Å². The predicted molar refractivity (Wildman–Crippen MR) is 79.2 cm³/mol. The third-order valence-corrected chi connectivity index (χ3v) is 4.92. The Morgan fingerprint density at radius 1 is 1.20 bits per heavy atom. The molecule has 0 atom stereocenters. The van der Waals surface area contributed by atoms with Crippen molar-refractivity contribution < 1.29 is 12.8 Å². The molecule has 1 aromatic rings. The molecule has 0 fully saturated rings. The summed E-state index contributed by atoms with van der Waals surface area (Å²) in [5.74, 6) is 0.362. The highest BCUT2D eigenvalue weighted by Gasteiger charge is 2.22. The van der Waals surface area contributed by atoms with Crippen molar-refractivity contribution in [1.82, 2.24) is 4.72 Å². The molecule has 114 valence electrons. The SMILES string of the molecule is CC(C)C(CNS(=O)(=O)c1ccc(F)c(N)c1)C(C)C. The van der Waals surface area contributed by atoms with Crippen LogP contribution in [-0.2, 0) is 10.0 Å². The Bertz CT molecular complexity index is 548. The predicted octanol–water partition coefficient (Wildman–Crippen LogP) is 2.61. The van der Waals surface area contributed by atoms with Gasteiger partial charge in [0.25, 0.3) is 0 Å². The van der Waals surface area contributed by atoms with Gasteiger partial charge in [-0.3, -0.25) is 0 Å². The zero-order valence-corrected chi connectivity index (χ0v) is 13.2. The molecule has 6 heteroatoms. The van der Waals surface area contributed by atoms with Gasteiger partial charge < -0.3 is 5.73 Å². The molecular formula is C14H23FN2O2S. The number of hydrogen-bond acceptors (Lipinski definition) is 3. The molecule has 3 N–H and O–H groups in total. The van der Waals surface area contributed by atoms with Gasteiger partial charge in [-0.15, -0.1) is 0 Å². The van der Waals surface area contributed by atoms with Crippen molar-refractivity contribution >= 4 is 15.7 Å². The van der Waals surface area contributed by atoms with Crippen LogP contribution in [0.2, 0.25) is 0 Å². The van der Waals surface area contributed by atoms with E-state index in [1.165, 1.54) is 6.07 Å². The summed E-state index contributed by atoms with van der Waals surface area (Å²) in [6, 6.07) is 3.41. The van der Waals surface area contributed by atoms with Crippen LogP contribution in [0.25, 0.3) is 0 Å². The highest BCUT2D eigenvalue weighted by atomic mass is 32.2. The highest BCUT2D eigenvalue weighted by molar-refractivity contribution is 7.89. The smallest absolute Gasteiger partial charge is 0.240 e. The number of hydrogen-bond donors (Lipinski definition) is 2. The summed E-state index contributed by atoms with van der Waals surface area (Å²) in [6.07, 6.45) is 0. The van der Waals surface area contributed by atoms with Crippen LogP contribution in [-0.4, -0.2) is 15.0 Å². The van der Waals surface area contributed by atoms with Gasteiger partial charge in [0.2, 0.25) is 10.0 Å². The largest absolute Gasteiger partial charge is 0.396 e. The lowest BCUT2D eigenvalue weighted by atomic mass is 9.86. The monoisotopic (exact) mass is 302 g/mol. The fraction of sp³-hybridized carbons (Fsp3) is 0.571. The Morgan fingerprint density at radius 3 is 2.20 bits per heavy atom. The second-order valence-corrected chi connectivity index (χ2v) is 7.45. The second-order valence-electron chi connectivity index (χ2n) is 5.69. The van der Waals surface area contributed by atoms with Crippen molar-refractivity contribution in [1.29, 1.82) is 0 Å². The summed E-state index contributed by atoms with van der Waals surface area (Å²) < 4.78 is 40.0. The van der Waals surface area contributed by atoms with E-state index in [1.807, 2.05) is 0 Å². The molecule has 0 aliphatic rings. The van der Waals surface area contributed by atoms with E-state index >= 15 is 0 Å². The van der Waals surface area contributed by atoms with E-state index in [9.17, 15) is 12.8 Å². The molecule has 1 rings (SSSR count). The van der Waals surface area contributed by atoms with E-state index in [0.29, 0.717) is 18.4 Å². The molecule has 4 nitrogen and oxygen atoms in total. The fourth-order valence-corrected chi connectivity index (χ4v) is 3.33. The van der Waals surface area contributed by atoms with Crippen LogP contribution in [0.3, 0.4) is 0 Å². The van der Waals surface area contributed by atoms with Crippen molar-refractivity contribution in [3.05, 3.63) is 24.0 Å². The Morgan fingerprint density at radius 2 is 1.75 bits per heavy atom. The summed E-state index contributed by atoms with van der Waals surface area (Å²) in [5.41, 5.74) is 5.23. The van der Waals surface area contributed by atoms with E-state index < -0.39 is 15.8 Å². The lowest BCUT2D eigenvalue weighted by Gasteiger charge is -2.25. The minimum Gasteiger partial charge on any atom is -0.396 e. The summed E-state index contributed by atoms with van der Waals surface area (Å²) in [5, 5.41) is 0. The Hall–Kier alpha value is -1.14. The minimum atomic E-state index is -3.66. The average Bonchev–Trinajstić information content (AvgIpc) is 2.31.